The van der Waals surface area contributed by atoms with Gasteiger partial charge in [-0.2, -0.15) is 0 Å². The Kier molecular flexibility index (Phi) is 2.62. The Labute approximate surface area is 106 Å². The largest absolute Gasteiger partial charge is 0.328 e. The lowest BCUT2D eigenvalue weighted by atomic mass is 9.87. The van der Waals surface area contributed by atoms with Crippen LogP contribution in [-0.2, 0) is 19.5 Å². The monoisotopic (exact) mass is 252 g/mol. The van der Waals surface area contributed by atoms with Crippen molar-refractivity contribution in [3.63, 3.8) is 0 Å². The Morgan fingerprint density at radius 2 is 1.71 bits per heavy atom. The summed E-state index contributed by atoms with van der Waals surface area (Å²) in [4.78, 5) is 11.9. The van der Waals surface area contributed by atoms with E-state index in [1.165, 1.54) is 0 Å². The lowest BCUT2D eigenvalue weighted by molar-refractivity contribution is 0.591. The Hall–Kier alpha value is -1.22. The molecule has 0 spiro atoms. The van der Waals surface area contributed by atoms with Crippen molar-refractivity contribution in [3.8, 4) is 0 Å². The molecule has 2 rings (SSSR count). The van der Waals surface area contributed by atoms with Crippen LogP contribution in [0.3, 0.4) is 0 Å². The van der Waals surface area contributed by atoms with Gasteiger partial charge in [0.1, 0.15) is 0 Å². The summed E-state index contributed by atoms with van der Waals surface area (Å²) in [5.41, 5.74) is 2.79. The zero-order valence-electron chi connectivity index (χ0n) is 10.8. The Morgan fingerprint density at radius 1 is 1.12 bits per heavy atom. The average Bonchev–Trinajstić information content (AvgIpc) is 2.43. The van der Waals surface area contributed by atoms with Crippen LogP contribution in [0.5, 0.6) is 0 Å². The zero-order chi connectivity index (χ0) is 13.0. The fraction of sp³-hybridized carbons (Fsp3) is 0.462. The molecule has 1 aromatic carbocycles. The van der Waals surface area contributed by atoms with Gasteiger partial charge in [0.25, 0.3) is 0 Å². The van der Waals surface area contributed by atoms with E-state index in [1.807, 2.05) is 12.1 Å². The van der Waals surface area contributed by atoms with E-state index in [2.05, 4.69) is 20.8 Å². The topological polar surface area (TPSA) is 26.9 Å². The minimum absolute atomic E-state index is 0.0176. The zero-order valence-corrected chi connectivity index (χ0v) is 11.6. The molecule has 17 heavy (non-hydrogen) atoms. The van der Waals surface area contributed by atoms with E-state index in [0.29, 0.717) is 5.02 Å². The number of hydrogen-bond acceptors (Lipinski definition) is 1. The molecule has 3 nitrogen and oxygen atoms in total. The van der Waals surface area contributed by atoms with Crippen LogP contribution in [0.2, 0.25) is 5.02 Å². The second-order valence-electron chi connectivity index (χ2n) is 5.48. The summed E-state index contributed by atoms with van der Waals surface area (Å²) in [6, 6.07) is 3.99. The fourth-order valence-corrected chi connectivity index (χ4v) is 2.37. The van der Waals surface area contributed by atoms with Crippen molar-refractivity contribution in [1.29, 1.82) is 0 Å². The van der Waals surface area contributed by atoms with Crippen molar-refractivity contribution in [1.82, 2.24) is 9.13 Å². The van der Waals surface area contributed by atoms with E-state index < -0.39 is 0 Å². The number of hydrogen-bond donors (Lipinski definition) is 0. The van der Waals surface area contributed by atoms with Gasteiger partial charge in [-0.3, -0.25) is 9.13 Å². The minimum atomic E-state index is -0.0482. The molecule has 1 aromatic heterocycles. The maximum absolute atomic E-state index is 11.9. The lowest BCUT2D eigenvalue weighted by Gasteiger charge is -2.19. The highest BCUT2D eigenvalue weighted by Crippen LogP contribution is 2.30. The highest BCUT2D eigenvalue weighted by molar-refractivity contribution is 6.35. The Balaban J connectivity index is 2.93. The summed E-state index contributed by atoms with van der Waals surface area (Å²) < 4.78 is 3.22. The molecule has 0 aliphatic carbocycles. The van der Waals surface area contributed by atoms with Crippen LogP contribution in [0.4, 0.5) is 0 Å². The highest BCUT2D eigenvalue weighted by atomic mass is 35.5. The highest BCUT2D eigenvalue weighted by Gasteiger charge is 2.19. The van der Waals surface area contributed by atoms with Gasteiger partial charge >= 0.3 is 5.69 Å². The molecule has 2 aromatic rings. The minimum Gasteiger partial charge on any atom is -0.295 e. The van der Waals surface area contributed by atoms with Gasteiger partial charge < -0.3 is 0 Å². The van der Waals surface area contributed by atoms with Crippen molar-refractivity contribution in [2.75, 3.05) is 0 Å². The third kappa shape index (κ3) is 1.78. The summed E-state index contributed by atoms with van der Waals surface area (Å²) in [6.07, 6.45) is 0. The van der Waals surface area contributed by atoms with Crippen LogP contribution in [0.15, 0.2) is 16.9 Å². The fourth-order valence-electron chi connectivity index (χ4n) is 2.03. The Bertz CT molecular complexity index is 644. The van der Waals surface area contributed by atoms with Gasteiger partial charge in [-0.15, -0.1) is 0 Å². The second-order valence-corrected chi connectivity index (χ2v) is 5.88. The van der Waals surface area contributed by atoms with Crippen LogP contribution in [-0.4, -0.2) is 9.13 Å². The van der Waals surface area contributed by atoms with Crippen LogP contribution < -0.4 is 5.69 Å². The molecule has 0 N–H and O–H groups in total. The third-order valence-corrected chi connectivity index (χ3v) is 3.47. The quantitative estimate of drug-likeness (QED) is 0.708. The lowest BCUT2D eigenvalue weighted by Crippen LogP contribution is -2.19. The molecule has 0 bridgehead atoms. The number of halogens is 1. The van der Waals surface area contributed by atoms with E-state index in [1.54, 1.807) is 23.2 Å². The molecule has 0 atom stereocenters. The van der Waals surface area contributed by atoms with Crippen molar-refractivity contribution in [2.24, 2.45) is 14.1 Å². The summed E-state index contributed by atoms with van der Waals surface area (Å²) in [5, 5.41) is 0.632. The Morgan fingerprint density at radius 3 is 2.24 bits per heavy atom. The van der Waals surface area contributed by atoms with Gasteiger partial charge in [-0.25, -0.2) is 4.79 Å². The summed E-state index contributed by atoms with van der Waals surface area (Å²) in [6.45, 7) is 6.39. The first-order valence-corrected chi connectivity index (χ1v) is 5.96. The van der Waals surface area contributed by atoms with Gasteiger partial charge in [0.15, 0.2) is 0 Å². The first-order valence-electron chi connectivity index (χ1n) is 5.59. The molecule has 1 heterocycles. The molecular formula is C13H17ClN2O. The predicted octanol–water partition coefficient (Wildman–Crippen LogP) is 2.83. The number of rotatable bonds is 0. The molecular weight excluding hydrogens is 236 g/mol. The van der Waals surface area contributed by atoms with Crippen molar-refractivity contribution >= 4 is 22.6 Å². The van der Waals surface area contributed by atoms with Crippen molar-refractivity contribution in [3.05, 3.63) is 33.2 Å². The normalized spacial score (nSPS) is 12.4. The molecule has 0 saturated heterocycles. The first-order chi connectivity index (χ1) is 7.73. The second kappa shape index (κ2) is 3.64. The molecule has 0 fully saturated rings. The van der Waals surface area contributed by atoms with E-state index in [0.717, 1.165) is 16.6 Å². The third-order valence-electron chi connectivity index (χ3n) is 3.18. The van der Waals surface area contributed by atoms with Crippen LogP contribution in [0, 0.1) is 0 Å². The number of imidazole rings is 1. The smallest absolute Gasteiger partial charge is 0.295 e. The average molecular weight is 253 g/mol. The van der Waals surface area contributed by atoms with Gasteiger partial charge in [-0.1, -0.05) is 32.4 Å². The molecule has 0 amide bonds. The predicted molar refractivity (Wildman–Crippen MR) is 71.9 cm³/mol. The van der Waals surface area contributed by atoms with Crippen LogP contribution >= 0.6 is 11.6 Å². The van der Waals surface area contributed by atoms with Crippen LogP contribution in [0.25, 0.3) is 11.0 Å². The van der Waals surface area contributed by atoms with E-state index in [4.69, 9.17) is 11.6 Å². The number of aromatic nitrogens is 2. The maximum atomic E-state index is 11.9. The maximum Gasteiger partial charge on any atom is 0.328 e. The van der Waals surface area contributed by atoms with E-state index in [-0.39, 0.29) is 11.1 Å². The molecule has 0 saturated carbocycles. The van der Waals surface area contributed by atoms with Gasteiger partial charge in [0.05, 0.1) is 16.1 Å². The number of benzene rings is 1. The number of nitrogens with zero attached hydrogens (tertiary/aromatic N) is 2. The first kappa shape index (κ1) is 12.2. The van der Waals surface area contributed by atoms with Gasteiger partial charge in [0, 0.05) is 14.1 Å². The van der Waals surface area contributed by atoms with E-state index in [9.17, 15) is 4.79 Å². The molecule has 0 aliphatic heterocycles. The molecule has 92 valence electrons. The van der Waals surface area contributed by atoms with Crippen molar-refractivity contribution < 1.29 is 0 Å². The SMILES string of the molecule is Cn1c(=O)n(C)c2c(Cl)cc(C(C)(C)C)cc21. The van der Waals surface area contributed by atoms with Crippen molar-refractivity contribution in [2.45, 2.75) is 26.2 Å². The molecule has 0 aliphatic rings. The summed E-state index contributed by atoms with van der Waals surface area (Å²) >= 11 is 6.29. The summed E-state index contributed by atoms with van der Waals surface area (Å²) in [7, 11) is 3.51. The van der Waals surface area contributed by atoms with E-state index >= 15 is 0 Å². The molecule has 4 heteroatoms. The molecule has 0 unspecified atom stereocenters. The summed E-state index contributed by atoms with van der Waals surface area (Å²) in [5.74, 6) is 0. The molecule has 0 radical (unpaired) electrons. The standard InChI is InChI=1S/C13H17ClN2O/c1-13(2,3)8-6-9(14)11-10(7-8)15(4)12(17)16(11)5/h6-7H,1-5H3. The van der Waals surface area contributed by atoms with Crippen LogP contribution in [0.1, 0.15) is 26.3 Å². The van der Waals surface area contributed by atoms with Gasteiger partial charge in [-0.05, 0) is 23.1 Å². The number of aryl methyl sites for hydroxylation is 2. The van der Waals surface area contributed by atoms with Gasteiger partial charge in [0.2, 0.25) is 0 Å². The number of fused-ring (bicyclic) bond motifs is 1.